The van der Waals surface area contributed by atoms with Crippen molar-refractivity contribution in [1.82, 2.24) is 14.8 Å². The number of nitrogens with one attached hydrogen (secondary N) is 1. The summed E-state index contributed by atoms with van der Waals surface area (Å²) in [5.74, 6) is 0.413. The second kappa shape index (κ2) is 3.90. The first-order chi connectivity index (χ1) is 8.66. The van der Waals surface area contributed by atoms with Crippen LogP contribution in [0, 0.1) is 0 Å². The summed E-state index contributed by atoms with van der Waals surface area (Å²) >= 11 is 0. The molecule has 18 heavy (non-hydrogen) atoms. The predicted octanol–water partition coefficient (Wildman–Crippen LogP) is 0.986. The summed E-state index contributed by atoms with van der Waals surface area (Å²) in [4.78, 5) is 11.6. The number of benzene rings is 1. The van der Waals surface area contributed by atoms with Crippen molar-refractivity contribution in [3.05, 3.63) is 28.2 Å². The maximum Gasteiger partial charge on any atom is 0.343 e. The number of phenols is 2. The number of aromatic nitrogens is 3. The van der Waals surface area contributed by atoms with Crippen molar-refractivity contribution in [3.63, 3.8) is 0 Å². The molecular weight excluding hydrogens is 234 g/mol. The lowest BCUT2D eigenvalue weighted by Gasteiger charge is -2.15. The number of aromatic hydroxyl groups is 2. The third kappa shape index (κ3) is 1.57. The van der Waals surface area contributed by atoms with E-state index in [-0.39, 0.29) is 17.2 Å². The first kappa shape index (κ1) is 10.9. The largest absolute Gasteiger partial charge is 0.508 e. The Labute approximate surface area is 103 Å². The van der Waals surface area contributed by atoms with Crippen LogP contribution in [-0.2, 0) is 13.0 Å². The molecule has 6 nitrogen and oxygen atoms in total. The van der Waals surface area contributed by atoms with Crippen molar-refractivity contribution in [2.24, 2.45) is 0 Å². The van der Waals surface area contributed by atoms with Crippen molar-refractivity contribution in [2.45, 2.75) is 25.8 Å². The third-order valence-electron chi connectivity index (χ3n) is 3.24. The quantitative estimate of drug-likeness (QED) is 0.647. The van der Waals surface area contributed by atoms with Gasteiger partial charge in [0.2, 0.25) is 0 Å². The first-order valence-corrected chi connectivity index (χ1v) is 5.87. The molecule has 3 rings (SSSR count). The van der Waals surface area contributed by atoms with Crippen LogP contribution < -0.4 is 5.69 Å². The van der Waals surface area contributed by atoms with Gasteiger partial charge in [-0.3, -0.25) is 4.57 Å². The van der Waals surface area contributed by atoms with Crippen LogP contribution in [0.25, 0.3) is 11.4 Å². The molecule has 0 aliphatic carbocycles. The summed E-state index contributed by atoms with van der Waals surface area (Å²) in [6.45, 7) is 0.588. The minimum absolute atomic E-state index is 0.0243. The Bertz CT molecular complexity index is 657. The Morgan fingerprint density at radius 1 is 1.28 bits per heavy atom. The van der Waals surface area contributed by atoms with Crippen LogP contribution in [0.1, 0.15) is 18.4 Å². The van der Waals surface area contributed by atoms with Gasteiger partial charge in [0.05, 0.1) is 5.56 Å². The second-order valence-electron chi connectivity index (χ2n) is 4.46. The fourth-order valence-electron chi connectivity index (χ4n) is 2.43. The number of phenolic OH excluding ortho intramolecular Hbond substituents is 2. The summed E-state index contributed by atoms with van der Waals surface area (Å²) in [5, 5.41) is 25.9. The number of fused-ring (bicyclic) bond motifs is 3. The Morgan fingerprint density at radius 2 is 2.11 bits per heavy atom. The van der Waals surface area contributed by atoms with E-state index in [2.05, 4.69) is 10.2 Å². The Balaban J connectivity index is 2.32. The molecule has 0 spiro atoms. The molecule has 2 aromatic rings. The fourth-order valence-corrected chi connectivity index (χ4v) is 2.43. The zero-order valence-corrected chi connectivity index (χ0v) is 9.68. The van der Waals surface area contributed by atoms with Crippen molar-refractivity contribution in [1.29, 1.82) is 0 Å². The molecule has 0 saturated carbocycles. The van der Waals surface area contributed by atoms with E-state index in [0.29, 0.717) is 17.9 Å². The van der Waals surface area contributed by atoms with Crippen LogP contribution >= 0.6 is 0 Å². The zero-order chi connectivity index (χ0) is 12.7. The maximum atomic E-state index is 11.6. The van der Waals surface area contributed by atoms with E-state index in [1.54, 1.807) is 6.07 Å². The monoisotopic (exact) mass is 247 g/mol. The van der Waals surface area contributed by atoms with Crippen molar-refractivity contribution in [2.75, 3.05) is 0 Å². The SMILES string of the molecule is O=c1[nH]nc2n1CCCCc1cc(O)cc(O)c1-2. The predicted molar refractivity (Wildman–Crippen MR) is 64.6 cm³/mol. The summed E-state index contributed by atoms with van der Waals surface area (Å²) in [5.41, 5.74) is 1.07. The molecule has 0 fully saturated rings. The van der Waals surface area contributed by atoms with Gasteiger partial charge in [0.25, 0.3) is 0 Å². The van der Waals surface area contributed by atoms with Crippen LogP contribution in [0.15, 0.2) is 16.9 Å². The summed E-state index contributed by atoms with van der Waals surface area (Å²) in [7, 11) is 0. The highest BCUT2D eigenvalue weighted by atomic mass is 16.3. The molecule has 3 N–H and O–H groups in total. The van der Waals surface area contributed by atoms with Gasteiger partial charge in [-0.25, -0.2) is 9.89 Å². The zero-order valence-electron chi connectivity index (χ0n) is 9.68. The molecule has 6 heteroatoms. The van der Waals surface area contributed by atoms with E-state index in [1.807, 2.05) is 0 Å². The van der Waals surface area contributed by atoms with Crippen LogP contribution in [0.2, 0.25) is 0 Å². The molecule has 0 radical (unpaired) electrons. The average molecular weight is 247 g/mol. The van der Waals surface area contributed by atoms with E-state index in [0.717, 1.165) is 24.8 Å². The van der Waals surface area contributed by atoms with Gasteiger partial charge in [0.1, 0.15) is 11.5 Å². The average Bonchev–Trinajstić information content (AvgIpc) is 2.62. The van der Waals surface area contributed by atoms with Gasteiger partial charge < -0.3 is 10.2 Å². The minimum Gasteiger partial charge on any atom is -0.508 e. The molecule has 1 aliphatic rings. The molecule has 0 unspecified atom stereocenters. The lowest BCUT2D eigenvalue weighted by molar-refractivity contribution is 0.448. The molecular formula is C12H13N3O3. The van der Waals surface area contributed by atoms with Crippen molar-refractivity contribution < 1.29 is 10.2 Å². The first-order valence-electron chi connectivity index (χ1n) is 5.87. The Kier molecular flexibility index (Phi) is 2.36. The molecule has 1 aromatic carbocycles. The highest BCUT2D eigenvalue weighted by Gasteiger charge is 2.20. The number of aryl methyl sites for hydroxylation is 1. The number of aromatic amines is 1. The van der Waals surface area contributed by atoms with Crippen LogP contribution in [0.3, 0.4) is 0 Å². The molecule has 2 heterocycles. The van der Waals surface area contributed by atoms with Crippen molar-refractivity contribution >= 4 is 0 Å². The number of H-pyrrole nitrogens is 1. The summed E-state index contributed by atoms with van der Waals surface area (Å²) in [6.07, 6.45) is 2.51. The third-order valence-corrected chi connectivity index (χ3v) is 3.24. The lowest BCUT2D eigenvalue weighted by Crippen LogP contribution is -2.19. The van der Waals surface area contributed by atoms with Gasteiger partial charge in [-0.2, -0.15) is 5.10 Å². The highest BCUT2D eigenvalue weighted by molar-refractivity contribution is 5.70. The summed E-state index contributed by atoms with van der Waals surface area (Å²) in [6, 6.07) is 2.88. The van der Waals surface area contributed by atoms with Crippen LogP contribution in [0.4, 0.5) is 0 Å². The van der Waals surface area contributed by atoms with Crippen molar-refractivity contribution in [3.8, 4) is 22.9 Å². The molecule has 0 atom stereocenters. The molecule has 94 valence electrons. The number of nitrogens with zero attached hydrogens (tertiary/aromatic N) is 2. The van der Waals surface area contributed by atoms with E-state index in [1.165, 1.54) is 10.6 Å². The molecule has 0 bridgehead atoms. The van der Waals surface area contributed by atoms with Gasteiger partial charge in [-0.1, -0.05) is 0 Å². The minimum atomic E-state index is -0.273. The molecule has 1 aliphatic heterocycles. The Hall–Kier alpha value is -2.24. The highest BCUT2D eigenvalue weighted by Crippen LogP contribution is 2.36. The normalized spacial score (nSPS) is 14.4. The maximum absolute atomic E-state index is 11.6. The van der Waals surface area contributed by atoms with Gasteiger partial charge in [0.15, 0.2) is 5.82 Å². The van der Waals surface area contributed by atoms with Crippen LogP contribution in [-0.4, -0.2) is 25.0 Å². The van der Waals surface area contributed by atoms with E-state index in [9.17, 15) is 15.0 Å². The van der Waals surface area contributed by atoms with E-state index >= 15 is 0 Å². The number of hydrogen-bond donors (Lipinski definition) is 3. The molecule has 1 aromatic heterocycles. The van der Waals surface area contributed by atoms with Gasteiger partial charge >= 0.3 is 5.69 Å². The topological polar surface area (TPSA) is 91.1 Å². The fraction of sp³-hybridized carbons (Fsp3) is 0.333. The standard InChI is InChI=1S/C12H13N3O3/c16-8-5-7-3-1-2-4-15-11(13-14-12(15)18)10(7)9(17)6-8/h5-6,16-17H,1-4H2,(H,14,18). The second-order valence-corrected chi connectivity index (χ2v) is 4.46. The van der Waals surface area contributed by atoms with Crippen LogP contribution in [0.5, 0.6) is 11.5 Å². The smallest absolute Gasteiger partial charge is 0.343 e. The van der Waals surface area contributed by atoms with Gasteiger partial charge in [0, 0.05) is 12.6 Å². The van der Waals surface area contributed by atoms with Gasteiger partial charge in [-0.15, -0.1) is 0 Å². The van der Waals surface area contributed by atoms with E-state index < -0.39 is 0 Å². The lowest BCUT2D eigenvalue weighted by atomic mass is 9.98. The number of rotatable bonds is 0. The molecule has 0 amide bonds. The molecule has 0 saturated heterocycles. The van der Waals surface area contributed by atoms with Gasteiger partial charge in [-0.05, 0) is 30.9 Å². The summed E-state index contributed by atoms with van der Waals surface area (Å²) < 4.78 is 1.52. The van der Waals surface area contributed by atoms with E-state index in [4.69, 9.17) is 0 Å². The Morgan fingerprint density at radius 3 is 2.94 bits per heavy atom. The number of hydrogen-bond acceptors (Lipinski definition) is 4.